The zero-order chi connectivity index (χ0) is 17.5. The first-order chi connectivity index (χ1) is 11.7. The van der Waals surface area contributed by atoms with Gasteiger partial charge in [0.2, 0.25) is 0 Å². The minimum absolute atomic E-state index is 0.268. The van der Waals surface area contributed by atoms with Crippen LogP contribution in [0.5, 0.6) is 0 Å². The summed E-state index contributed by atoms with van der Waals surface area (Å²) in [5.74, 6) is -0.207. The van der Waals surface area contributed by atoms with Gasteiger partial charge in [0.25, 0.3) is 0 Å². The van der Waals surface area contributed by atoms with Crippen LogP contribution < -0.4 is 0 Å². The van der Waals surface area contributed by atoms with Crippen LogP contribution in [0.1, 0.15) is 89.9 Å². The van der Waals surface area contributed by atoms with Gasteiger partial charge in [-0.05, 0) is 38.0 Å². The number of hydrogen-bond acceptors (Lipinski definition) is 2. The van der Waals surface area contributed by atoms with Crippen molar-refractivity contribution in [1.29, 1.82) is 0 Å². The monoisotopic (exact) mass is 336 g/mol. The van der Waals surface area contributed by atoms with Crippen LogP contribution in [-0.2, 0) is 4.79 Å². The molecule has 0 aliphatic heterocycles. The Hall–Kier alpha value is -1.09. The lowest BCUT2D eigenvalue weighted by atomic mass is 9.85. The van der Waals surface area contributed by atoms with E-state index in [2.05, 4.69) is 12.2 Å². The Morgan fingerprint density at radius 3 is 2.21 bits per heavy atom. The lowest BCUT2D eigenvalue weighted by Gasteiger charge is -2.24. The van der Waals surface area contributed by atoms with Gasteiger partial charge in [0.05, 0.1) is 6.10 Å². The molecule has 1 rings (SSSR count). The highest BCUT2D eigenvalue weighted by molar-refractivity contribution is 5.66. The van der Waals surface area contributed by atoms with E-state index in [4.69, 9.17) is 5.11 Å². The molecule has 2 N–H and O–H groups in total. The number of rotatable bonds is 13. The first-order valence-corrected chi connectivity index (χ1v) is 9.93. The van der Waals surface area contributed by atoms with Crippen molar-refractivity contribution in [2.24, 2.45) is 5.92 Å². The smallest absolute Gasteiger partial charge is 0.303 e. The Morgan fingerprint density at radius 1 is 0.917 bits per heavy atom. The largest absolute Gasteiger partial charge is 0.481 e. The zero-order valence-corrected chi connectivity index (χ0v) is 15.2. The van der Waals surface area contributed by atoms with Gasteiger partial charge in [0, 0.05) is 6.42 Å². The average Bonchev–Trinajstić information content (AvgIpc) is 2.59. The molecule has 24 heavy (non-hydrogen) atoms. The number of carbonyl (C=O) groups is 1. The lowest BCUT2D eigenvalue weighted by Crippen LogP contribution is -2.20. The van der Waals surface area contributed by atoms with Crippen LogP contribution in [0.25, 0.3) is 0 Å². The molecular formula is C21H36O3. The second-order valence-electron chi connectivity index (χ2n) is 7.11. The van der Waals surface area contributed by atoms with Crippen LogP contribution in [0.3, 0.4) is 0 Å². The molecule has 1 unspecified atom stereocenters. The van der Waals surface area contributed by atoms with Gasteiger partial charge in [0.15, 0.2) is 0 Å². The zero-order valence-electron chi connectivity index (χ0n) is 15.2. The van der Waals surface area contributed by atoms with Gasteiger partial charge >= 0.3 is 5.97 Å². The normalized spacial score (nSPS) is 17.7. The third-order valence-electron chi connectivity index (χ3n) is 4.95. The average molecular weight is 337 g/mol. The Bertz CT molecular complexity index is 367. The summed E-state index contributed by atoms with van der Waals surface area (Å²) >= 11 is 0. The van der Waals surface area contributed by atoms with E-state index in [1.165, 1.54) is 57.8 Å². The van der Waals surface area contributed by atoms with Crippen molar-refractivity contribution >= 4 is 5.97 Å². The Morgan fingerprint density at radius 2 is 1.54 bits per heavy atom. The summed E-state index contributed by atoms with van der Waals surface area (Å²) < 4.78 is 0. The van der Waals surface area contributed by atoms with Gasteiger partial charge in [-0.25, -0.2) is 0 Å². The number of carboxylic acid groups (broad SMARTS) is 1. The van der Waals surface area contributed by atoms with Crippen LogP contribution >= 0.6 is 0 Å². The van der Waals surface area contributed by atoms with Gasteiger partial charge in [-0.2, -0.15) is 0 Å². The molecule has 1 saturated carbocycles. The summed E-state index contributed by atoms with van der Waals surface area (Å²) in [4.78, 5) is 10.4. The van der Waals surface area contributed by atoms with Crippen LogP contribution in [0.15, 0.2) is 24.3 Å². The number of hydrogen-bond donors (Lipinski definition) is 2. The molecule has 0 aromatic carbocycles. The summed E-state index contributed by atoms with van der Waals surface area (Å²) in [7, 11) is 0. The molecule has 0 radical (unpaired) electrons. The minimum Gasteiger partial charge on any atom is -0.481 e. The summed E-state index contributed by atoms with van der Waals surface area (Å²) in [6.07, 6.45) is 23.5. The molecule has 3 nitrogen and oxygen atoms in total. The fourth-order valence-corrected chi connectivity index (χ4v) is 3.41. The van der Waals surface area contributed by atoms with Crippen LogP contribution in [0.2, 0.25) is 0 Å². The molecule has 0 amide bonds. The number of aliphatic carboxylic acids is 1. The maximum absolute atomic E-state index is 10.4. The molecule has 1 aliphatic carbocycles. The van der Waals surface area contributed by atoms with Gasteiger partial charge in [-0.3, -0.25) is 4.79 Å². The number of aliphatic hydroxyl groups is 1. The van der Waals surface area contributed by atoms with Crippen molar-refractivity contribution in [2.75, 3.05) is 0 Å². The van der Waals surface area contributed by atoms with E-state index < -0.39 is 5.97 Å². The highest BCUT2D eigenvalue weighted by Crippen LogP contribution is 2.26. The number of aliphatic hydroxyl groups excluding tert-OH is 1. The quantitative estimate of drug-likeness (QED) is 0.338. The fraction of sp³-hybridized carbons (Fsp3) is 0.762. The third kappa shape index (κ3) is 11.4. The second-order valence-corrected chi connectivity index (χ2v) is 7.11. The first kappa shape index (κ1) is 21.0. The SMILES string of the molecule is O=C(O)CCCCCCCCC/C=C/C=C/C(O)C1CCCCC1. The molecule has 0 aromatic heterocycles. The minimum atomic E-state index is -0.679. The Labute approximate surface area is 147 Å². The molecule has 0 aromatic rings. The third-order valence-corrected chi connectivity index (χ3v) is 4.95. The molecule has 0 spiro atoms. The summed E-state index contributed by atoms with van der Waals surface area (Å²) in [5.41, 5.74) is 0. The number of carboxylic acids is 1. The highest BCUT2D eigenvalue weighted by Gasteiger charge is 2.18. The first-order valence-electron chi connectivity index (χ1n) is 9.93. The molecule has 3 heteroatoms. The van der Waals surface area contributed by atoms with Crippen molar-refractivity contribution in [3.8, 4) is 0 Å². The molecule has 1 atom stereocenters. The highest BCUT2D eigenvalue weighted by atomic mass is 16.4. The molecular weight excluding hydrogens is 300 g/mol. The summed E-state index contributed by atoms with van der Waals surface area (Å²) in [6.45, 7) is 0. The molecule has 1 fully saturated rings. The van der Waals surface area contributed by atoms with Gasteiger partial charge in [0.1, 0.15) is 0 Å². The van der Waals surface area contributed by atoms with Crippen molar-refractivity contribution in [3.63, 3.8) is 0 Å². The molecule has 138 valence electrons. The van der Waals surface area contributed by atoms with Crippen molar-refractivity contribution in [1.82, 2.24) is 0 Å². The number of allylic oxidation sites excluding steroid dienone is 3. The van der Waals surface area contributed by atoms with E-state index >= 15 is 0 Å². The van der Waals surface area contributed by atoms with E-state index in [9.17, 15) is 9.90 Å². The van der Waals surface area contributed by atoms with E-state index in [1.807, 2.05) is 12.2 Å². The van der Waals surface area contributed by atoms with E-state index in [-0.39, 0.29) is 6.10 Å². The summed E-state index contributed by atoms with van der Waals surface area (Å²) in [6, 6.07) is 0. The van der Waals surface area contributed by atoms with Crippen LogP contribution in [0, 0.1) is 5.92 Å². The maximum atomic E-state index is 10.4. The Kier molecular flexibility index (Phi) is 12.5. The molecule has 0 heterocycles. The van der Waals surface area contributed by atoms with E-state index in [0.29, 0.717) is 12.3 Å². The van der Waals surface area contributed by atoms with E-state index in [1.54, 1.807) is 0 Å². The van der Waals surface area contributed by atoms with Crippen molar-refractivity contribution in [2.45, 2.75) is 96.0 Å². The maximum Gasteiger partial charge on any atom is 0.303 e. The second kappa shape index (κ2) is 14.3. The van der Waals surface area contributed by atoms with Gasteiger partial charge < -0.3 is 10.2 Å². The van der Waals surface area contributed by atoms with Crippen molar-refractivity contribution in [3.05, 3.63) is 24.3 Å². The fourth-order valence-electron chi connectivity index (χ4n) is 3.41. The van der Waals surface area contributed by atoms with Gasteiger partial charge in [-0.15, -0.1) is 0 Å². The predicted molar refractivity (Wildman–Crippen MR) is 100 cm³/mol. The van der Waals surface area contributed by atoms with Crippen molar-refractivity contribution < 1.29 is 15.0 Å². The Balaban J connectivity index is 1.90. The standard InChI is InChI=1S/C21H36O3/c22-20(19-15-11-10-12-16-19)17-13-8-6-4-2-1-3-5-7-9-14-18-21(23)24/h6,8,13,17,19-20,22H,1-5,7,9-12,14-16,18H2,(H,23,24)/b8-6+,17-13+. The molecule has 0 saturated heterocycles. The number of unbranched alkanes of at least 4 members (excludes halogenated alkanes) is 7. The van der Waals surface area contributed by atoms with Crippen LogP contribution in [0.4, 0.5) is 0 Å². The predicted octanol–water partition coefficient (Wildman–Crippen LogP) is 5.64. The summed E-state index contributed by atoms with van der Waals surface area (Å²) in [5, 5.41) is 18.7. The molecule has 1 aliphatic rings. The van der Waals surface area contributed by atoms with Gasteiger partial charge in [-0.1, -0.05) is 75.7 Å². The lowest BCUT2D eigenvalue weighted by molar-refractivity contribution is -0.137. The van der Waals surface area contributed by atoms with E-state index in [0.717, 1.165) is 25.7 Å². The van der Waals surface area contributed by atoms with Crippen LogP contribution in [-0.4, -0.2) is 22.3 Å². The topological polar surface area (TPSA) is 57.5 Å². The molecule has 0 bridgehead atoms.